The first-order valence-electron chi connectivity index (χ1n) is 9.13. The molecule has 0 saturated heterocycles. The highest BCUT2D eigenvalue weighted by Gasteiger charge is 2.20. The van der Waals surface area contributed by atoms with Crippen molar-refractivity contribution in [2.24, 2.45) is 0 Å². The molecule has 138 valence electrons. The molecule has 1 aliphatic carbocycles. The van der Waals surface area contributed by atoms with Gasteiger partial charge in [-0.25, -0.2) is 4.79 Å². The topological polar surface area (TPSA) is 70.8 Å². The van der Waals surface area contributed by atoms with Crippen LogP contribution in [0.3, 0.4) is 0 Å². The molecule has 0 spiro atoms. The molecule has 5 heteroatoms. The normalized spacial score (nSPS) is 14.2. The van der Waals surface area contributed by atoms with Gasteiger partial charge in [-0.2, -0.15) is 0 Å². The summed E-state index contributed by atoms with van der Waals surface area (Å²) in [6.07, 6.45) is 4.90. The molecule has 0 aromatic heterocycles. The van der Waals surface area contributed by atoms with Crippen LogP contribution in [0.4, 0.5) is 5.69 Å². The fourth-order valence-corrected chi connectivity index (χ4v) is 2.96. The molecular formula is C21H25NO4. The Labute approximate surface area is 154 Å². The van der Waals surface area contributed by atoms with E-state index in [0.717, 1.165) is 31.4 Å². The van der Waals surface area contributed by atoms with Gasteiger partial charge in [-0.05, 0) is 56.0 Å². The number of hydrogen-bond donors (Lipinski definition) is 1. The first-order chi connectivity index (χ1) is 12.7. The zero-order valence-corrected chi connectivity index (χ0v) is 14.9. The average molecular weight is 355 g/mol. The second kappa shape index (κ2) is 9.13. The van der Waals surface area contributed by atoms with Crippen LogP contribution in [0.1, 0.15) is 42.5 Å². The molecule has 1 saturated carbocycles. The van der Waals surface area contributed by atoms with Gasteiger partial charge in [0.05, 0.1) is 24.5 Å². The predicted molar refractivity (Wildman–Crippen MR) is 101 cm³/mol. The van der Waals surface area contributed by atoms with Crippen molar-refractivity contribution in [1.82, 2.24) is 0 Å². The smallest absolute Gasteiger partial charge is 0.338 e. The fourth-order valence-electron chi connectivity index (χ4n) is 2.96. The molecule has 0 aliphatic heterocycles. The van der Waals surface area contributed by atoms with Crippen molar-refractivity contribution in [1.29, 1.82) is 0 Å². The summed E-state index contributed by atoms with van der Waals surface area (Å²) in [7, 11) is 0. The largest absolute Gasteiger partial charge is 0.493 e. The van der Waals surface area contributed by atoms with Crippen LogP contribution in [-0.4, -0.2) is 25.3 Å². The van der Waals surface area contributed by atoms with Crippen molar-refractivity contribution in [3.05, 3.63) is 54.1 Å². The summed E-state index contributed by atoms with van der Waals surface area (Å²) in [5.41, 5.74) is 6.93. The monoisotopic (exact) mass is 355 g/mol. The van der Waals surface area contributed by atoms with E-state index in [0.29, 0.717) is 36.6 Å². The molecule has 2 aromatic carbocycles. The molecule has 2 aromatic rings. The fraction of sp³-hybridized carbons (Fsp3) is 0.381. The molecule has 0 atom stereocenters. The molecule has 1 aliphatic rings. The van der Waals surface area contributed by atoms with Crippen molar-refractivity contribution in [2.45, 2.75) is 38.2 Å². The van der Waals surface area contributed by atoms with E-state index in [-0.39, 0.29) is 12.1 Å². The first-order valence-corrected chi connectivity index (χ1v) is 9.13. The number of ether oxygens (including phenoxy) is 3. The van der Waals surface area contributed by atoms with Crippen LogP contribution in [0, 0.1) is 0 Å². The molecule has 0 radical (unpaired) electrons. The number of carbonyl (C=O) groups is 1. The van der Waals surface area contributed by atoms with Gasteiger partial charge in [0, 0.05) is 6.42 Å². The lowest BCUT2D eigenvalue weighted by molar-refractivity contribution is 0.0317. The Kier molecular flexibility index (Phi) is 6.36. The predicted octanol–water partition coefficient (Wildman–Crippen LogP) is 4.22. The minimum absolute atomic E-state index is 0.0413. The summed E-state index contributed by atoms with van der Waals surface area (Å²) in [6, 6.07) is 14.7. The third-order valence-electron chi connectivity index (χ3n) is 4.38. The number of carbonyl (C=O) groups excluding carboxylic acids is 1. The minimum atomic E-state index is -0.311. The van der Waals surface area contributed by atoms with Crippen LogP contribution in [0.2, 0.25) is 0 Å². The molecule has 3 rings (SSSR count). The Hall–Kier alpha value is -2.69. The summed E-state index contributed by atoms with van der Waals surface area (Å²) in [4.78, 5) is 12.3. The highest BCUT2D eigenvalue weighted by atomic mass is 16.5. The van der Waals surface area contributed by atoms with E-state index in [1.807, 2.05) is 30.3 Å². The average Bonchev–Trinajstić information content (AvgIpc) is 3.16. The van der Waals surface area contributed by atoms with Gasteiger partial charge in [0.1, 0.15) is 17.6 Å². The Morgan fingerprint density at radius 3 is 2.50 bits per heavy atom. The van der Waals surface area contributed by atoms with Crippen LogP contribution in [0.25, 0.3) is 0 Å². The van der Waals surface area contributed by atoms with E-state index in [1.165, 1.54) is 0 Å². The minimum Gasteiger partial charge on any atom is -0.493 e. The van der Waals surface area contributed by atoms with Crippen molar-refractivity contribution >= 4 is 11.7 Å². The molecule has 2 N–H and O–H groups in total. The summed E-state index contributed by atoms with van der Waals surface area (Å²) in [6.45, 7) is 1.01. The van der Waals surface area contributed by atoms with E-state index >= 15 is 0 Å². The quantitative estimate of drug-likeness (QED) is 0.436. The summed E-state index contributed by atoms with van der Waals surface area (Å²) in [5.74, 6) is 1.03. The summed E-state index contributed by atoms with van der Waals surface area (Å²) < 4.78 is 16.9. The van der Waals surface area contributed by atoms with E-state index in [4.69, 9.17) is 19.9 Å². The zero-order valence-electron chi connectivity index (χ0n) is 14.9. The van der Waals surface area contributed by atoms with Gasteiger partial charge in [-0.3, -0.25) is 0 Å². The van der Waals surface area contributed by atoms with Crippen LogP contribution in [0.15, 0.2) is 48.5 Å². The van der Waals surface area contributed by atoms with Crippen molar-refractivity contribution in [3.63, 3.8) is 0 Å². The standard InChI is InChI=1S/C21H25NO4/c22-19-12-11-16(21(23)26-18-9-4-5-10-18)15-20(19)25-14-6-13-24-17-7-2-1-3-8-17/h1-3,7-8,11-12,15,18H,4-6,9-10,13-14,22H2. The van der Waals surface area contributed by atoms with Gasteiger partial charge in [0.2, 0.25) is 0 Å². The van der Waals surface area contributed by atoms with Gasteiger partial charge in [-0.15, -0.1) is 0 Å². The maximum Gasteiger partial charge on any atom is 0.338 e. The van der Waals surface area contributed by atoms with E-state index < -0.39 is 0 Å². The number of esters is 1. The number of hydrogen-bond acceptors (Lipinski definition) is 5. The van der Waals surface area contributed by atoms with Crippen molar-refractivity contribution in [2.75, 3.05) is 18.9 Å². The Balaban J connectivity index is 1.47. The summed E-state index contributed by atoms with van der Waals surface area (Å²) >= 11 is 0. The van der Waals surface area contributed by atoms with Gasteiger partial charge >= 0.3 is 5.97 Å². The number of nitrogen functional groups attached to an aromatic ring is 1. The number of rotatable bonds is 8. The highest BCUT2D eigenvalue weighted by molar-refractivity contribution is 5.90. The third kappa shape index (κ3) is 5.15. The van der Waals surface area contributed by atoms with Crippen molar-refractivity contribution < 1.29 is 19.0 Å². The molecular weight excluding hydrogens is 330 g/mol. The second-order valence-electron chi connectivity index (χ2n) is 6.43. The lowest BCUT2D eigenvalue weighted by atomic mass is 10.2. The molecule has 1 fully saturated rings. The lowest BCUT2D eigenvalue weighted by Gasteiger charge is -2.13. The van der Waals surface area contributed by atoms with Gasteiger partial charge < -0.3 is 19.9 Å². The van der Waals surface area contributed by atoms with Crippen LogP contribution >= 0.6 is 0 Å². The molecule has 5 nitrogen and oxygen atoms in total. The molecule has 0 amide bonds. The third-order valence-corrected chi connectivity index (χ3v) is 4.38. The van der Waals surface area contributed by atoms with E-state index in [2.05, 4.69) is 0 Å². The Morgan fingerprint density at radius 2 is 1.73 bits per heavy atom. The number of benzene rings is 2. The van der Waals surface area contributed by atoms with E-state index in [9.17, 15) is 4.79 Å². The van der Waals surface area contributed by atoms with Crippen LogP contribution in [0.5, 0.6) is 11.5 Å². The first kappa shape index (κ1) is 18.1. The van der Waals surface area contributed by atoms with Crippen LogP contribution < -0.4 is 15.2 Å². The summed E-state index contributed by atoms with van der Waals surface area (Å²) in [5, 5.41) is 0. The van der Waals surface area contributed by atoms with Gasteiger partial charge in [0.15, 0.2) is 0 Å². The lowest BCUT2D eigenvalue weighted by Crippen LogP contribution is -2.15. The van der Waals surface area contributed by atoms with Gasteiger partial charge in [0.25, 0.3) is 0 Å². The number of anilines is 1. The van der Waals surface area contributed by atoms with Gasteiger partial charge in [-0.1, -0.05) is 18.2 Å². The number of nitrogens with two attached hydrogens (primary N) is 1. The maximum atomic E-state index is 12.3. The molecule has 0 bridgehead atoms. The molecule has 0 heterocycles. The Bertz CT molecular complexity index is 711. The molecule has 26 heavy (non-hydrogen) atoms. The highest BCUT2D eigenvalue weighted by Crippen LogP contribution is 2.26. The second-order valence-corrected chi connectivity index (χ2v) is 6.43. The van der Waals surface area contributed by atoms with Crippen LogP contribution in [-0.2, 0) is 4.74 Å². The van der Waals surface area contributed by atoms with Crippen molar-refractivity contribution in [3.8, 4) is 11.5 Å². The maximum absolute atomic E-state index is 12.3. The van der Waals surface area contributed by atoms with E-state index in [1.54, 1.807) is 18.2 Å². The Morgan fingerprint density at radius 1 is 1.00 bits per heavy atom. The SMILES string of the molecule is Nc1ccc(C(=O)OC2CCCC2)cc1OCCCOc1ccccc1. The molecule has 0 unspecified atom stereocenters. The number of para-hydroxylation sites is 1. The zero-order chi connectivity index (χ0) is 18.2.